The summed E-state index contributed by atoms with van der Waals surface area (Å²) in [4.78, 5) is 17.9. The van der Waals surface area contributed by atoms with Crippen molar-refractivity contribution in [2.75, 3.05) is 16.8 Å². The van der Waals surface area contributed by atoms with Gasteiger partial charge in [-0.3, -0.25) is 5.32 Å². The van der Waals surface area contributed by atoms with Crippen molar-refractivity contribution in [1.29, 1.82) is 0 Å². The van der Waals surface area contributed by atoms with Crippen molar-refractivity contribution >= 4 is 17.6 Å². The molecular weight excluding hydrogens is 290 g/mol. The van der Waals surface area contributed by atoms with Crippen LogP contribution in [0.5, 0.6) is 0 Å². The van der Waals surface area contributed by atoms with Gasteiger partial charge in [0.2, 0.25) is 0 Å². The molecule has 0 aliphatic heterocycles. The Bertz CT molecular complexity index is 612. The number of rotatable bonds is 6. The molecule has 0 saturated heterocycles. The molecule has 1 heterocycles. The van der Waals surface area contributed by atoms with Gasteiger partial charge in [0.1, 0.15) is 5.82 Å². The van der Waals surface area contributed by atoms with Crippen LogP contribution in [-0.4, -0.2) is 23.7 Å². The highest BCUT2D eigenvalue weighted by Crippen LogP contribution is 2.20. The van der Waals surface area contributed by atoms with Gasteiger partial charge in [-0.2, -0.15) is 0 Å². The number of benzene rings is 1. The summed E-state index contributed by atoms with van der Waals surface area (Å²) in [5.74, 6) is 0.482. The Morgan fingerprint density at radius 1 is 1.22 bits per heavy atom. The molecule has 2 rings (SSSR count). The summed E-state index contributed by atoms with van der Waals surface area (Å²) in [6.45, 7) is 7.20. The first-order chi connectivity index (χ1) is 11.1. The maximum atomic E-state index is 11.4. The lowest BCUT2D eigenvalue weighted by Gasteiger charge is -2.29. The molecule has 5 heteroatoms. The Kier molecular flexibility index (Phi) is 5.97. The average molecular weight is 313 g/mol. The molecule has 0 aliphatic carbocycles. The van der Waals surface area contributed by atoms with Crippen LogP contribution in [0.25, 0.3) is 0 Å². The van der Waals surface area contributed by atoms with Crippen LogP contribution in [0.4, 0.5) is 16.3 Å². The maximum absolute atomic E-state index is 11.4. The fraction of sp³-hybridized carbons (Fsp3) is 0.333. The average Bonchev–Trinajstić information content (AvgIpc) is 2.54. The molecule has 0 unspecified atom stereocenters. The molecule has 1 aromatic carbocycles. The van der Waals surface area contributed by atoms with Crippen molar-refractivity contribution in [3.63, 3.8) is 0 Å². The van der Waals surface area contributed by atoms with Gasteiger partial charge in [-0.15, -0.1) is 0 Å². The van der Waals surface area contributed by atoms with Crippen LogP contribution in [0.2, 0.25) is 0 Å². The van der Waals surface area contributed by atoms with Crippen LogP contribution >= 0.6 is 0 Å². The smallest absolute Gasteiger partial charge is 0.412 e. The van der Waals surface area contributed by atoms with Gasteiger partial charge >= 0.3 is 6.09 Å². The highest BCUT2D eigenvalue weighted by Gasteiger charge is 2.12. The van der Waals surface area contributed by atoms with Crippen LogP contribution in [0.1, 0.15) is 26.3 Å². The molecule has 1 amide bonds. The summed E-state index contributed by atoms with van der Waals surface area (Å²) in [6.07, 6.45) is 1.28. The van der Waals surface area contributed by atoms with Crippen LogP contribution in [0.3, 0.4) is 0 Å². The molecule has 23 heavy (non-hydrogen) atoms. The van der Waals surface area contributed by atoms with Crippen molar-refractivity contribution in [1.82, 2.24) is 4.98 Å². The Morgan fingerprint density at radius 2 is 1.96 bits per heavy atom. The summed E-state index contributed by atoms with van der Waals surface area (Å²) in [7, 11) is 0. The molecule has 5 nitrogen and oxygen atoms in total. The zero-order valence-corrected chi connectivity index (χ0v) is 13.8. The number of pyridine rings is 1. The number of ether oxygens (including phenoxy) is 1. The topological polar surface area (TPSA) is 54.5 Å². The number of anilines is 2. The van der Waals surface area contributed by atoms with Crippen LogP contribution in [0.15, 0.2) is 48.7 Å². The van der Waals surface area contributed by atoms with Gasteiger partial charge in [0.15, 0.2) is 0 Å². The van der Waals surface area contributed by atoms with Crippen molar-refractivity contribution < 1.29 is 9.53 Å². The van der Waals surface area contributed by atoms with E-state index in [1.165, 1.54) is 5.56 Å². The number of nitrogens with one attached hydrogen (secondary N) is 1. The zero-order valence-electron chi connectivity index (χ0n) is 13.8. The molecule has 0 fully saturated rings. The zero-order chi connectivity index (χ0) is 16.7. The molecular formula is C18H23N3O2. The largest absolute Gasteiger partial charge is 0.450 e. The molecule has 2 aromatic rings. The lowest BCUT2D eigenvalue weighted by molar-refractivity contribution is 0.168. The molecule has 0 atom stereocenters. The first-order valence-electron chi connectivity index (χ1n) is 7.80. The second-order valence-corrected chi connectivity index (χ2v) is 5.45. The number of nitrogens with zero attached hydrogens (tertiary/aromatic N) is 2. The van der Waals surface area contributed by atoms with Crippen molar-refractivity contribution in [3.05, 3.63) is 54.2 Å². The van der Waals surface area contributed by atoms with Crippen molar-refractivity contribution in [2.45, 2.75) is 33.4 Å². The van der Waals surface area contributed by atoms with Crippen molar-refractivity contribution in [2.24, 2.45) is 0 Å². The number of aromatic nitrogens is 1. The summed E-state index contributed by atoms with van der Waals surface area (Å²) < 4.78 is 4.84. The highest BCUT2D eigenvalue weighted by molar-refractivity contribution is 5.83. The minimum atomic E-state index is -0.488. The Morgan fingerprint density at radius 3 is 2.52 bits per heavy atom. The van der Waals surface area contributed by atoms with E-state index in [0.29, 0.717) is 18.5 Å². The predicted octanol–water partition coefficient (Wildman–Crippen LogP) is 4.07. The molecule has 0 radical (unpaired) electrons. The fourth-order valence-corrected chi connectivity index (χ4v) is 2.25. The molecule has 0 bridgehead atoms. The highest BCUT2D eigenvalue weighted by atomic mass is 16.5. The molecule has 0 aliphatic rings. The quantitative estimate of drug-likeness (QED) is 0.873. The monoisotopic (exact) mass is 313 g/mol. The van der Waals surface area contributed by atoms with Gasteiger partial charge in [-0.1, -0.05) is 30.3 Å². The summed E-state index contributed by atoms with van der Waals surface area (Å²) in [6, 6.07) is 14.4. The van der Waals surface area contributed by atoms with E-state index in [0.717, 1.165) is 12.2 Å². The standard InChI is InChI=1S/C18H23N3O2/c1-4-23-18(22)20-17-11-10-16(12-19-17)21(14(2)3)13-15-8-6-5-7-9-15/h5-12,14H,4,13H2,1-3H3,(H,19,20,22). The molecule has 1 aromatic heterocycles. The second kappa shape index (κ2) is 8.17. The van der Waals surface area contributed by atoms with Gasteiger partial charge in [0.25, 0.3) is 0 Å². The van der Waals surface area contributed by atoms with E-state index in [2.05, 4.69) is 41.2 Å². The second-order valence-electron chi connectivity index (χ2n) is 5.45. The van der Waals surface area contributed by atoms with E-state index in [1.807, 2.05) is 24.3 Å². The van der Waals surface area contributed by atoms with Crippen LogP contribution in [-0.2, 0) is 11.3 Å². The molecule has 1 N–H and O–H groups in total. The van der Waals surface area contributed by atoms with E-state index in [1.54, 1.807) is 19.2 Å². The van der Waals surface area contributed by atoms with Gasteiger partial charge < -0.3 is 9.64 Å². The van der Waals surface area contributed by atoms with E-state index >= 15 is 0 Å². The normalized spacial score (nSPS) is 10.4. The summed E-state index contributed by atoms with van der Waals surface area (Å²) in [5.41, 5.74) is 2.26. The third-order valence-electron chi connectivity index (χ3n) is 3.40. The number of hydrogen-bond donors (Lipinski definition) is 1. The summed E-state index contributed by atoms with van der Waals surface area (Å²) in [5, 5.41) is 2.60. The Hall–Kier alpha value is -2.56. The Balaban J connectivity index is 2.09. The minimum absolute atomic E-state index is 0.334. The van der Waals surface area contributed by atoms with Crippen LogP contribution in [0, 0.1) is 0 Å². The number of hydrogen-bond acceptors (Lipinski definition) is 4. The lowest BCUT2D eigenvalue weighted by atomic mass is 10.1. The SMILES string of the molecule is CCOC(=O)Nc1ccc(N(Cc2ccccc2)C(C)C)cn1. The number of carbonyl (C=O) groups excluding carboxylic acids is 1. The Labute approximate surface area is 137 Å². The minimum Gasteiger partial charge on any atom is -0.450 e. The molecule has 0 saturated carbocycles. The third kappa shape index (κ3) is 4.98. The number of carbonyl (C=O) groups is 1. The van der Waals surface area contributed by atoms with E-state index in [9.17, 15) is 4.79 Å². The fourth-order valence-electron chi connectivity index (χ4n) is 2.25. The molecule has 0 spiro atoms. The number of amides is 1. The van der Waals surface area contributed by atoms with Crippen molar-refractivity contribution in [3.8, 4) is 0 Å². The van der Waals surface area contributed by atoms with E-state index < -0.39 is 6.09 Å². The van der Waals surface area contributed by atoms with Gasteiger partial charge in [-0.25, -0.2) is 9.78 Å². The van der Waals surface area contributed by atoms with E-state index in [-0.39, 0.29) is 0 Å². The van der Waals surface area contributed by atoms with E-state index in [4.69, 9.17) is 4.74 Å². The third-order valence-corrected chi connectivity index (χ3v) is 3.40. The van der Waals surface area contributed by atoms with Gasteiger partial charge in [0, 0.05) is 12.6 Å². The van der Waals surface area contributed by atoms with Gasteiger partial charge in [0.05, 0.1) is 18.5 Å². The van der Waals surface area contributed by atoms with Gasteiger partial charge in [-0.05, 0) is 38.5 Å². The predicted molar refractivity (Wildman–Crippen MR) is 92.6 cm³/mol. The maximum Gasteiger partial charge on any atom is 0.412 e. The summed E-state index contributed by atoms with van der Waals surface area (Å²) >= 11 is 0. The first-order valence-corrected chi connectivity index (χ1v) is 7.80. The van der Waals surface area contributed by atoms with Crippen LogP contribution < -0.4 is 10.2 Å². The first kappa shape index (κ1) is 16.8. The lowest BCUT2D eigenvalue weighted by Crippen LogP contribution is -2.30. The molecule has 122 valence electrons.